The van der Waals surface area contributed by atoms with Crippen LogP contribution in [0.5, 0.6) is 11.5 Å². The predicted octanol–water partition coefficient (Wildman–Crippen LogP) is 3.19. The smallest absolute Gasteiger partial charge is 0.438 e. The van der Waals surface area contributed by atoms with Gasteiger partial charge in [0.25, 0.3) is 5.91 Å². The molecule has 0 fully saturated rings. The highest BCUT2D eigenvalue weighted by Gasteiger charge is 2.31. The van der Waals surface area contributed by atoms with Crippen LogP contribution < -0.4 is 14.8 Å². The number of amides is 1. The molecule has 0 spiro atoms. The Morgan fingerprint density at radius 2 is 1.96 bits per heavy atom. The Hall–Kier alpha value is -3.30. The number of aromatic nitrogens is 1. The highest BCUT2D eigenvalue weighted by molar-refractivity contribution is 5.94. The third-order valence-electron chi connectivity index (χ3n) is 3.57. The molecular formula is C17H14F3N3O4. The molecular weight excluding hydrogens is 367 g/mol. The zero-order valence-electron chi connectivity index (χ0n) is 14.0. The molecule has 0 saturated heterocycles. The molecule has 3 rings (SSSR count). The minimum atomic E-state index is -4.74. The highest BCUT2D eigenvalue weighted by Crippen LogP contribution is 2.30. The van der Waals surface area contributed by atoms with Gasteiger partial charge in [-0.25, -0.2) is 0 Å². The van der Waals surface area contributed by atoms with E-state index in [0.29, 0.717) is 16.9 Å². The molecule has 0 saturated carbocycles. The number of nitrogens with one attached hydrogen (secondary N) is 1. The summed E-state index contributed by atoms with van der Waals surface area (Å²) in [6, 6.07) is 6.81. The molecule has 0 radical (unpaired) electrons. The van der Waals surface area contributed by atoms with Gasteiger partial charge in [0.05, 0.1) is 18.2 Å². The number of nitrogens with zero attached hydrogens (tertiary/aromatic N) is 2. The maximum Gasteiger partial charge on any atom is 0.573 e. The lowest BCUT2D eigenvalue weighted by Crippen LogP contribution is -2.18. The van der Waals surface area contributed by atoms with Crippen molar-refractivity contribution in [3.05, 3.63) is 53.9 Å². The first-order chi connectivity index (χ1) is 12.8. The van der Waals surface area contributed by atoms with Crippen LogP contribution in [0.15, 0.2) is 47.9 Å². The minimum Gasteiger partial charge on any atom is -0.438 e. The summed E-state index contributed by atoms with van der Waals surface area (Å²) in [6.07, 6.45) is -2.16. The van der Waals surface area contributed by atoms with E-state index >= 15 is 0 Å². The quantitative estimate of drug-likeness (QED) is 0.880. The summed E-state index contributed by atoms with van der Waals surface area (Å²) in [7, 11) is 1.50. The molecule has 0 unspecified atom stereocenters. The predicted molar refractivity (Wildman–Crippen MR) is 87.3 cm³/mol. The van der Waals surface area contributed by atoms with Gasteiger partial charge in [0, 0.05) is 13.2 Å². The molecule has 7 nitrogen and oxygen atoms in total. The first-order valence-corrected chi connectivity index (χ1v) is 7.77. The maximum absolute atomic E-state index is 12.2. The average molecular weight is 381 g/mol. The van der Waals surface area contributed by atoms with Crippen molar-refractivity contribution in [2.24, 2.45) is 5.16 Å². The van der Waals surface area contributed by atoms with Gasteiger partial charge in [0.15, 0.2) is 6.10 Å². The zero-order valence-corrected chi connectivity index (χ0v) is 14.0. The van der Waals surface area contributed by atoms with Crippen LogP contribution in [-0.2, 0) is 4.84 Å². The summed E-state index contributed by atoms with van der Waals surface area (Å²) in [5.74, 6) is -0.0603. The highest BCUT2D eigenvalue weighted by atomic mass is 19.4. The first-order valence-electron chi connectivity index (χ1n) is 7.77. The molecule has 2 aromatic rings. The van der Waals surface area contributed by atoms with Crippen LogP contribution in [0.4, 0.5) is 13.2 Å². The van der Waals surface area contributed by atoms with E-state index < -0.39 is 12.5 Å². The van der Waals surface area contributed by atoms with E-state index in [0.717, 1.165) is 0 Å². The summed E-state index contributed by atoms with van der Waals surface area (Å²) in [5.41, 5.74) is 0.940. The van der Waals surface area contributed by atoms with Crippen molar-refractivity contribution in [3.63, 3.8) is 0 Å². The largest absolute Gasteiger partial charge is 0.573 e. The van der Waals surface area contributed by atoms with Gasteiger partial charge in [-0.05, 0) is 23.8 Å². The van der Waals surface area contributed by atoms with E-state index in [-0.39, 0.29) is 24.0 Å². The number of ether oxygens (including phenoxy) is 2. The number of hydrogen-bond acceptors (Lipinski definition) is 6. The van der Waals surface area contributed by atoms with Crippen LogP contribution in [0.2, 0.25) is 0 Å². The van der Waals surface area contributed by atoms with Gasteiger partial charge in [-0.1, -0.05) is 17.3 Å². The van der Waals surface area contributed by atoms with E-state index in [2.05, 4.69) is 20.2 Å². The summed E-state index contributed by atoms with van der Waals surface area (Å²) in [4.78, 5) is 20.8. The van der Waals surface area contributed by atoms with Gasteiger partial charge in [0.2, 0.25) is 5.90 Å². The number of pyridine rings is 1. The van der Waals surface area contributed by atoms with Crippen molar-refractivity contribution in [2.45, 2.75) is 18.9 Å². The van der Waals surface area contributed by atoms with Crippen LogP contribution in [-0.4, -0.2) is 30.2 Å². The molecule has 27 heavy (non-hydrogen) atoms. The van der Waals surface area contributed by atoms with E-state index in [9.17, 15) is 18.0 Å². The number of alkyl halides is 3. The second kappa shape index (κ2) is 7.52. The molecule has 1 aromatic carbocycles. The van der Waals surface area contributed by atoms with E-state index in [1.165, 1.54) is 49.8 Å². The molecule has 1 atom stereocenters. The summed E-state index contributed by atoms with van der Waals surface area (Å²) < 4.78 is 46.0. The van der Waals surface area contributed by atoms with Crippen molar-refractivity contribution in [2.75, 3.05) is 7.05 Å². The second-order valence-electron chi connectivity index (χ2n) is 5.49. The maximum atomic E-state index is 12.2. The molecule has 1 amide bonds. The SMILES string of the molecule is CNC(=O)c1cncc(OC2=NO[C@H](c3ccc(OC(F)(F)F)cc3)C2)c1. The normalized spacial score (nSPS) is 16.3. The van der Waals surface area contributed by atoms with E-state index in [1.807, 2.05) is 0 Å². The summed E-state index contributed by atoms with van der Waals surface area (Å²) in [6.45, 7) is 0. The van der Waals surface area contributed by atoms with Crippen LogP contribution in [0.1, 0.15) is 28.4 Å². The van der Waals surface area contributed by atoms with Crippen LogP contribution in [0.25, 0.3) is 0 Å². The third kappa shape index (κ3) is 4.87. The summed E-state index contributed by atoms with van der Waals surface area (Å²) in [5, 5.41) is 6.30. The number of carbonyl (C=O) groups is 1. The number of hydrogen-bond donors (Lipinski definition) is 1. The summed E-state index contributed by atoms with van der Waals surface area (Å²) >= 11 is 0. The Morgan fingerprint density at radius 1 is 1.22 bits per heavy atom. The second-order valence-corrected chi connectivity index (χ2v) is 5.49. The van der Waals surface area contributed by atoms with Gasteiger partial charge < -0.3 is 19.6 Å². The number of rotatable bonds is 4. The average Bonchev–Trinajstić information content (AvgIpc) is 3.09. The number of oxime groups is 1. The molecule has 1 aliphatic heterocycles. The Bertz CT molecular complexity index is 853. The molecule has 0 aliphatic carbocycles. The number of benzene rings is 1. The van der Waals surface area contributed by atoms with Gasteiger partial charge in [-0.15, -0.1) is 13.2 Å². The molecule has 1 aliphatic rings. The Morgan fingerprint density at radius 3 is 2.63 bits per heavy atom. The first kappa shape index (κ1) is 18.5. The monoisotopic (exact) mass is 381 g/mol. The molecule has 1 aromatic heterocycles. The molecule has 0 bridgehead atoms. The molecule has 2 heterocycles. The van der Waals surface area contributed by atoms with Gasteiger partial charge >= 0.3 is 6.36 Å². The van der Waals surface area contributed by atoms with E-state index in [1.54, 1.807) is 0 Å². The van der Waals surface area contributed by atoms with Crippen LogP contribution in [0, 0.1) is 0 Å². The van der Waals surface area contributed by atoms with E-state index in [4.69, 9.17) is 9.57 Å². The van der Waals surface area contributed by atoms with Crippen molar-refractivity contribution in [1.29, 1.82) is 0 Å². The number of halogens is 3. The van der Waals surface area contributed by atoms with Gasteiger partial charge in [0.1, 0.15) is 11.5 Å². The molecule has 142 valence electrons. The minimum absolute atomic E-state index is 0.256. The molecule has 10 heteroatoms. The van der Waals surface area contributed by atoms with Crippen molar-refractivity contribution in [3.8, 4) is 11.5 Å². The Kier molecular flexibility index (Phi) is 5.15. The fourth-order valence-electron chi connectivity index (χ4n) is 2.36. The fourth-order valence-corrected chi connectivity index (χ4v) is 2.36. The lowest BCUT2D eigenvalue weighted by molar-refractivity contribution is -0.274. The zero-order chi connectivity index (χ0) is 19.4. The standard InChI is InChI=1S/C17H14F3N3O4/c1-21-16(24)11-6-13(9-22-8-11)25-15-7-14(27-23-15)10-2-4-12(5-3-10)26-17(18,19)20/h2-6,8-9,14H,7H2,1H3,(H,21,24)/t14-/m0/s1. The van der Waals surface area contributed by atoms with Crippen molar-refractivity contribution >= 4 is 11.8 Å². The molecule has 1 N–H and O–H groups in total. The van der Waals surface area contributed by atoms with Crippen LogP contribution in [0.3, 0.4) is 0 Å². The topological polar surface area (TPSA) is 82.0 Å². The van der Waals surface area contributed by atoms with Crippen molar-refractivity contribution in [1.82, 2.24) is 10.3 Å². The lowest BCUT2D eigenvalue weighted by atomic mass is 10.1. The van der Waals surface area contributed by atoms with Gasteiger partial charge in [-0.2, -0.15) is 0 Å². The van der Waals surface area contributed by atoms with Crippen molar-refractivity contribution < 1.29 is 32.3 Å². The van der Waals surface area contributed by atoms with Crippen LogP contribution >= 0.6 is 0 Å². The Balaban J connectivity index is 1.61. The number of carbonyl (C=O) groups excluding carboxylic acids is 1. The fraction of sp³-hybridized carbons (Fsp3) is 0.235. The third-order valence-corrected chi connectivity index (χ3v) is 3.57. The lowest BCUT2D eigenvalue weighted by Gasteiger charge is -2.11. The Labute approximate surface area is 151 Å². The van der Waals surface area contributed by atoms with Gasteiger partial charge in [-0.3, -0.25) is 9.78 Å².